The Morgan fingerprint density at radius 1 is 1.50 bits per heavy atom. The van der Waals surface area contributed by atoms with Gasteiger partial charge in [-0.05, 0) is 13.8 Å². The third kappa shape index (κ3) is 2.78. The molecule has 2 heterocycles. The first-order chi connectivity index (χ1) is 9.52. The summed E-state index contributed by atoms with van der Waals surface area (Å²) >= 11 is 0. The standard InChI is InChI=1S/C10H11F2N5O3/c1-3-19-10(18)7-8(9(11)12)17(16-14-7)4-6-13-5(2)15-20-6/h9H,3-4H2,1-2H3. The summed E-state index contributed by atoms with van der Waals surface area (Å²) in [6, 6.07) is 0. The molecule has 0 atom stereocenters. The SMILES string of the molecule is CCOC(=O)c1nnn(Cc2nc(C)no2)c1C(F)F. The smallest absolute Gasteiger partial charge is 0.361 e. The van der Waals surface area contributed by atoms with Gasteiger partial charge in [-0.3, -0.25) is 0 Å². The van der Waals surface area contributed by atoms with Gasteiger partial charge in [0, 0.05) is 0 Å². The molecule has 2 aromatic rings. The van der Waals surface area contributed by atoms with Gasteiger partial charge in [0.1, 0.15) is 12.2 Å². The molecule has 0 aliphatic heterocycles. The van der Waals surface area contributed by atoms with Crippen molar-refractivity contribution < 1.29 is 22.8 Å². The number of halogens is 2. The van der Waals surface area contributed by atoms with E-state index in [0.717, 1.165) is 4.68 Å². The second-order valence-corrected chi connectivity index (χ2v) is 3.74. The van der Waals surface area contributed by atoms with Crippen LogP contribution in [0.4, 0.5) is 8.78 Å². The van der Waals surface area contributed by atoms with Crippen molar-refractivity contribution in [1.82, 2.24) is 25.1 Å². The second-order valence-electron chi connectivity index (χ2n) is 3.74. The molecule has 0 saturated carbocycles. The van der Waals surface area contributed by atoms with Crippen LogP contribution in [0, 0.1) is 6.92 Å². The lowest BCUT2D eigenvalue weighted by Crippen LogP contribution is -2.12. The lowest BCUT2D eigenvalue weighted by Gasteiger charge is -2.04. The van der Waals surface area contributed by atoms with Crippen LogP contribution >= 0.6 is 0 Å². The Morgan fingerprint density at radius 3 is 2.80 bits per heavy atom. The highest BCUT2D eigenvalue weighted by Crippen LogP contribution is 2.22. The molecule has 0 radical (unpaired) electrons. The van der Waals surface area contributed by atoms with E-state index in [4.69, 9.17) is 4.52 Å². The molecule has 8 nitrogen and oxygen atoms in total. The molecule has 2 aromatic heterocycles. The van der Waals surface area contributed by atoms with Crippen LogP contribution in [0.3, 0.4) is 0 Å². The predicted octanol–water partition coefficient (Wildman–Crippen LogP) is 1.13. The molecule has 2 rings (SSSR count). The molecule has 0 aromatic carbocycles. The number of nitrogens with zero attached hydrogens (tertiary/aromatic N) is 5. The third-order valence-electron chi connectivity index (χ3n) is 2.30. The number of rotatable bonds is 5. The Balaban J connectivity index is 2.31. The van der Waals surface area contributed by atoms with Gasteiger partial charge in [-0.25, -0.2) is 18.3 Å². The summed E-state index contributed by atoms with van der Waals surface area (Å²) < 4.78 is 36.4. The number of carbonyl (C=O) groups excluding carboxylic acids is 1. The van der Waals surface area contributed by atoms with Crippen molar-refractivity contribution in [2.24, 2.45) is 0 Å². The zero-order valence-electron chi connectivity index (χ0n) is 10.7. The molecule has 0 N–H and O–H groups in total. The van der Waals surface area contributed by atoms with E-state index in [2.05, 4.69) is 25.2 Å². The summed E-state index contributed by atoms with van der Waals surface area (Å²) in [5.41, 5.74) is -1.16. The maximum atomic E-state index is 13.1. The highest BCUT2D eigenvalue weighted by molar-refractivity contribution is 5.88. The van der Waals surface area contributed by atoms with Gasteiger partial charge in [0.05, 0.1) is 6.61 Å². The van der Waals surface area contributed by atoms with Gasteiger partial charge in [0.25, 0.3) is 6.43 Å². The fourth-order valence-corrected chi connectivity index (χ4v) is 1.53. The second kappa shape index (κ2) is 5.72. The van der Waals surface area contributed by atoms with Crippen LogP contribution in [-0.2, 0) is 11.3 Å². The van der Waals surface area contributed by atoms with Crippen molar-refractivity contribution in [3.63, 3.8) is 0 Å². The zero-order valence-corrected chi connectivity index (χ0v) is 10.7. The van der Waals surface area contributed by atoms with E-state index in [-0.39, 0.29) is 19.0 Å². The van der Waals surface area contributed by atoms with E-state index in [9.17, 15) is 13.6 Å². The Morgan fingerprint density at radius 2 is 2.25 bits per heavy atom. The maximum Gasteiger partial charge on any atom is 0.361 e. The quantitative estimate of drug-likeness (QED) is 0.760. The fraction of sp³-hybridized carbons (Fsp3) is 0.500. The molecule has 0 unspecified atom stereocenters. The van der Waals surface area contributed by atoms with Gasteiger partial charge in [-0.1, -0.05) is 10.4 Å². The lowest BCUT2D eigenvalue weighted by atomic mass is 10.3. The van der Waals surface area contributed by atoms with E-state index >= 15 is 0 Å². The largest absolute Gasteiger partial charge is 0.461 e. The van der Waals surface area contributed by atoms with Crippen molar-refractivity contribution in [3.05, 3.63) is 23.1 Å². The Hall–Kier alpha value is -2.39. The number of aryl methyl sites for hydroxylation is 1. The molecular weight excluding hydrogens is 276 g/mol. The van der Waals surface area contributed by atoms with Crippen molar-refractivity contribution >= 4 is 5.97 Å². The summed E-state index contributed by atoms with van der Waals surface area (Å²) in [6.07, 6.45) is -2.94. The Labute approximate surface area is 111 Å². The first kappa shape index (κ1) is 14.0. The number of hydrogen-bond donors (Lipinski definition) is 0. The number of ether oxygens (including phenoxy) is 1. The van der Waals surface area contributed by atoms with Crippen LogP contribution < -0.4 is 0 Å². The first-order valence-electron chi connectivity index (χ1n) is 5.70. The van der Waals surface area contributed by atoms with Crippen LogP contribution in [0.1, 0.15) is 41.2 Å². The summed E-state index contributed by atoms with van der Waals surface area (Å²) in [7, 11) is 0. The van der Waals surface area contributed by atoms with Crippen LogP contribution in [-0.4, -0.2) is 37.7 Å². The van der Waals surface area contributed by atoms with Gasteiger partial charge in [-0.2, -0.15) is 4.98 Å². The molecule has 0 aliphatic carbocycles. The van der Waals surface area contributed by atoms with Crippen molar-refractivity contribution in [2.75, 3.05) is 6.61 Å². The van der Waals surface area contributed by atoms with E-state index < -0.39 is 23.8 Å². The van der Waals surface area contributed by atoms with Gasteiger partial charge in [-0.15, -0.1) is 5.10 Å². The predicted molar refractivity (Wildman–Crippen MR) is 59.1 cm³/mol. The molecule has 0 amide bonds. The Bertz CT molecular complexity index is 610. The summed E-state index contributed by atoms with van der Waals surface area (Å²) in [5, 5.41) is 10.5. The minimum absolute atomic E-state index is 0.0528. The zero-order chi connectivity index (χ0) is 14.7. The van der Waals surface area contributed by atoms with Crippen LogP contribution in [0.2, 0.25) is 0 Å². The minimum atomic E-state index is -2.94. The molecule has 0 saturated heterocycles. The normalized spacial score (nSPS) is 11.1. The fourth-order valence-electron chi connectivity index (χ4n) is 1.53. The molecule has 20 heavy (non-hydrogen) atoms. The molecule has 10 heteroatoms. The minimum Gasteiger partial charge on any atom is -0.461 e. The summed E-state index contributed by atoms with van der Waals surface area (Å²) in [5.74, 6) is -0.496. The average molecular weight is 287 g/mol. The van der Waals surface area contributed by atoms with E-state index in [0.29, 0.717) is 5.82 Å². The topological polar surface area (TPSA) is 95.9 Å². The van der Waals surface area contributed by atoms with Gasteiger partial charge in [0.15, 0.2) is 11.5 Å². The Kier molecular flexibility index (Phi) is 4.01. The van der Waals surface area contributed by atoms with E-state index in [1.807, 2.05) is 0 Å². The molecule has 0 fully saturated rings. The van der Waals surface area contributed by atoms with Crippen LogP contribution in [0.15, 0.2) is 4.52 Å². The number of carbonyl (C=O) groups is 1. The number of hydrogen-bond acceptors (Lipinski definition) is 7. The molecule has 0 bridgehead atoms. The maximum absolute atomic E-state index is 13.1. The lowest BCUT2D eigenvalue weighted by molar-refractivity contribution is 0.0506. The van der Waals surface area contributed by atoms with Crippen LogP contribution in [0.5, 0.6) is 0 Å². The number of alkyl halides is 2. The first-order valence-corrected chi connectivity index (χ1v) is 5.70. The van der Waals surface area contributed by atoms with Crippen molar-refractivity contribution in [2.45, 2.75) is 26.8 Å². The van der Waals surface area contributed by atoms with Crippen LogP contribution in [0.25, 0.3) is 0 Å². The molecular formula is C10H11F2N5O3. The third-order valence-corrected chi connectivity index (χ3v) is 2.30. The average Bonchev–Trinajstić information content (AvgIpc) is 2.96. The molecule has 0 aliphatic rings. The molecule has 0 spiro atoms. The van der Waals surface area contributed by atoms with E-state index in [1.165, 1.54) is 0 Å². The van der Waals surface area contributed by atoms with Gasteiger partial charge >= 0.3 is 5.97 Å². The van der Waals surface area contributed by atoms with Crippen molar-refractivity contribution in [1.29, 1.82) is 0 Å². The highest BCUT2D eigenvalue weighted by atomic mass is 19.3. The summed E-state index contributed by atoms with van der Waals surface area (Å²) in [4.78, 5) is 15.4. The number of aromatic nitrogens is 5. The molecule has 108 valence electrons. The monoisotopic (exact) mass is 287 g/mol. The van der Waals surface area contributed by atoms with E-state index in [1.54, 1.807) is 13.8 Å². The van der Waals surface area contributed by atoms with Gasteiger partial charge in [0.2, 0.25) is 5.89 Å². The highest BCUT2D eigenvalue weighted by Gasteiger charge is 2.28. The van der Waals surface area contributed by atoms with Crippen molar-refractivity contribution in [3.8, 4) is 0 Å². The van der Waals surface area contributed by atoms with Gasteiger partial charge < -0.3 is 9.26 Å². The summed E-state index contributed by atoms with van der Waals surface area (Å²) in [6.45, 7) is 3.00. The number of esters is 1.